The lowest BCUT2D eigenvalue weighted by Crippen LogP contribution is -2.46. The van der Waals surface area contributed by atoms with Crippen LogP contribution in [-0.4, -0.2) is 23.2 Å². The first-order valence-corrected chi connectivity index (χ1v) is 7.81. The van der Waals surface area contributed by atoms with Crippen LogP contribution >= 0.6 is 0 Å². The summed E-state index contributed by atoms with van der Waals surface area (Å²) in [5, 5.41) is 0. The molecular formula is C18H20N2O. The van der Waals surface area contributed by atoms with Crippen molar-refractivity contribution < 1.29 is 4.74 Å². The van der Waals surface area contributed by atoms with Gasteiger partial charge in [0.25, 0.3) is 0 Å². The van der Waals surface area contributed by atoms with Gasteiger partial charge >= 0.3 is 0 Å². The minimum absolute atomic E-state index is 0.338. The summed E-state index contributed by atoms with van der Waals surface area (Å²) in [4.78, 5) is 7.06. The number of nitrogens with zero attached hydrogens (tertiary/aromatic N) is 2. The second-order valence-corrected chi connectivity index (χ2v) is 6.00. The van der Waals surface area contributed by atoms with E-state index >= 15 is 0 Å². The van der Waals surface area contributed by atoms with E-state index in [4.69, 9.17) is 4.74 Å². The molecule has 3 nitrogen and oxygen atoms in total. The number of hydrogen-bond donors (Lipinski definition) is 0. The van der Waals surface area contributed by atoms with Crippen molar-refractivity contribution in [1.82, 2.24) is 4.98 Å². The molecule has 0 unspecified atom stereocenters. The number of hydrogen-bond acceptors (Lipinski definition) is 3. The number of fused-ring (bicyclic) bond motifs is 2. The highest BCUT2D eigenvalue weighted by Gasteiger charge is 2.42. The third-order valence-electron chi connectivity index (χ3n) is 4.65. The molecule has 4 rings (SSSR count). The summed E-state index contributed by atoms with van der Waals surface area (Å²) >= 11 is 0. The fraction of sp³-hybridized carbons (Fsp3) is 0.389. The van der Waals surface area contributed by atoms with Crippen LogP contribution in [0.5, 0.6) is 5.75 Å². The third-order valence-corrected chi connectivity index (χ3v) is 4.65. The van der Waals surface area contributed by atoms with Crippen LogP contribution < -0.4 is 9.64 Å². The number of anilines is 1. The fourth-order valence-electron chi connectivity index (χ4n) is 3.80. The Labute approximate surface area is 125 Å². The van der Waals surface area contributed by atoms with Crippen LogP contribution in [0.25, 0.3) is 0 Å². The van der Waals surface area contributed by atoms with Gasteiger partial charge in [-0.25, -0.2) is 4.98 Å². The molecule has 108 valence electrons. The van der Waals surface area contributed by atoms with Gasteiger partial charge < -0.3 is 9.64 Å². The molecular weight excluding hydrogens is 260 g/mol. The van der Waals surface area contributed by atoms with E-state index in [-0.39, 0.29) is 0 Å². The van der Waals surface area contributed by atoms with E-state index in [0.717, 1.165) is 24.4 Å². The van der Waals surface area contributed by atoms with Crippen molar-refractivity contribution >= 4 is 5.82 Å². The number of aromatic nitrogens is 1. The molecule has 0 saturated carbocycles. The molecule has 0 spiro atoms. The molecule has 21 heavy (non-hydrogen) atoms. The van der Waals surface area contributed by atoms with E-state index < -0.39 is 0 Å². The second-order valence-electron chi connectivity index (χ2n) is 6.00. The molecule has 2 saturated heterocycles. The third kappa shape index (κ3) is 2.48. The van der Waals surface area contributed by atoms with Gasteiger partial charge in [0.15, 0.2) is 0 Å². The Kier molecular flexibility index (Phi) is 3.26. The lowest BCUT2D eigenvalue weighted by atomic mass is 9.99. The molecule has 3 heterocycles. The second kappa shape index (κ2) is 5.40. The van der Waals surface area contributed by atoms with Crippen LogP contribution in [0.15, 0.2) is 54.7 Å². The van der Waals surface area contributed by atoms with Gasteiger partial charge in [0, 0.05) is 31.1 Å². The van der Waals surface area contributed by atoms with Gasteiger partial charge in [0.05, 0.1) is 0 Å². The maximum atomic E-state index is 6.17. The zero-order chi connectivity index (χ0) is 14.1. The van der Waals surface area contributed by atoms with Crippen molar-refractivity contribution in [3.8, 4) is 5.75 Å². The molecule has 1 aromatic heterocycles. The molecule has 2 aliphatic rings. The minimum Gasteiger partial charge on any atom is -0.490 e. The van der Waals surface area contributed by atoms with Gasteiger partial charge in [0.2, 0.25) is 0 Å². The van der Waals surface area contributed by atoms with Crippen LogP contribution in [0.1, 0.15) is 25.7 Å². The van der Waals surface area contributed by atoms with Gasteiger partial charge in [-0.15, -0.1) is 0 Å². The zero-order valence-electron chi connectivity index (χ0n) is 12.1. The van der Waals surface area contributed by atoms with Crippen molar-refractivity contribution in [2.75, 3.05) is 4.90 Å². The molecule has 0 N–H and O–H groups in total. The Morgan fingerprint density at radius 3 is 2.29 bits per heavy atom. The van der Waals surface area contributed by atoms with Crippen LogP contribution in [0, 0.1) is 0 Å². The Morgan fingerprint density at radius 1 is 0.905 bits per heavy atom. The molecule has 0 amide bonds. The number of pyridine rings is 1. The number of piperidine rings is 1. The first kappa shape index (κ1) is 12.7. The molecule has 2 aliphatic heterocycles. The smallest absolute Gasteiger partial charge is 0.128 e. The molecule has 3 atom stereocenters. The van der Waals surface area contributed by atoms with E-state index in [1.807, 2.05) is 42.6 Å². The first-order valence-electron chi connectivity index (χ1n) is 7.81. The average molecular weight is 280 g/mol. The van der Waals surface area contributed by atoms with Crippen LogP contribution in [0.3, 0.4) is 0 Å². The van der Waals surface area contributed by atoms with Crippen molar-refractivity contribution in [2.24, 2.45) is 0 Å². The molecule has 3 heteroatoms. The van der Waals surface area contributed by atoms with E-state index in [2.05, 4.69) is 22.0 Å². The first-order chi connectivity index (χ1) is 10.4. The lowest BCUT2D eigenvalue weighted by molar-refractivity contribution is 0.150. The molecule has 2 bridgehead atoms. The average Bonchev–Trinajstić information content (AvgIpc) is 2.80. The maximum absolute atomic E-state index is 6.17. The van der Waals surface area contributed by atoms with E-state index in [9.17, 15) is 0 Å². The molecule has 2 aromatic rings. The summed E-state index contributed by atoms with van der Waals surface area (Å²) < 4.78 is 6.17. The highest BCUT2D eigenvalue weighted by atomic mass is 16.5. The number of para-hydroxylation sites is 1. The Hall–Kier alpha value is -2.03. The van der Waals surface area contributed by atoms with Crippen molar-refractivity contribution in [1.29, 1.82) is 0 Å². The van der Waals surface area contributed by atoms with Gasteiger partial charge in [0.1, 0.15) is 17.7 Å². The van der Waals surface area contributed by atoms with Gasteiger partial charge in [-0.2, -0.15) is 0 Å². The highest BCUT2D eigenvalue weighted by molar-refractivity contribution is 5.43. The topological polar surface area (TPSA) is 25.4 Å². The summed E-state index contributed by atoms with van der Waals surface area (Å²) in [6.45, 7) is 0. The monoisotopic (exact) mass is 280 g/mol. The predicted molar refractivity (Wildman–Crippen MR) is 83.6 cm³/mol. The normalized spacial score (nSPS) is 27.6. The van der Waals surface area contributed by atoms with Gasteiger partial charge in [-0.3, -0.25) is 0 Å². The van der Waals surface area contributed by atoms with Gasteiger partial charge in [-0.1, -0.05) is 24.3 Å². The summed E-state index contributed by atoms with van der Waals surface area (Å²) in [5.41, 5.74) is 0. The van der Waals surface area contributed by atoms with E-state index in [1.165, 1.54) is 12.8 Å². The SMILES string of the molecule is c1ccc(O[C@H]2C[C@H]3CC[C@@H](C2)N3c2ccccn2)cc1. The lowest BCUT2D eigenvalue weighted by Gasteiger charge is -2.39. The zero-order valence-corrected chi connectivity index (χ0v) is 12.1. The summed E-state index contributed by atoms with van der Waals surface area (Å²) in [6, 6.07) is 17.5. The predicted octanol–water partition coefficient (Wildman–Crippen LogP) is 3.66. The Bertz CT molecular complexity index is 573. The molecule has 1 aromatic carbocycles. The summed E-state index contributed by atoms with van der Waals surface area (Å²) in [6.07, 6.45) is 6.95. The van der Waals surface area contributed by atoms with Crippen LogP contribution in [0.4, 0.5) is 5.82 Å². The highest BCUT2D eigenvalue weighted by Crippen LogP contribution is 2.39. The van der Waals surface area contributed by atoms with Crippen molar-refractivity contribution in [3.05, 3.63) is 54.7 Å². The largest absolute Gasteiger partial charge is 0.490 e. The van der Waals surface area contributed by atoms with Crippen molar-refractivity contribution in [2.45, 2.75) is 43.9 Å². The van der Waals surface area contributed by atoms with E-state index in [1.54, 1.807) is 0 Å². The standard InChI is InChI=1S/C18H20N2O/c1-2-6-16(7-3-1)21-17-12-14-9-10-15(13-17)20(14)18-8-4-5-11-19-18/h1-8,11,14-15,17H,9-10,12-13H2/t14-,15+,17+. The molecule has 0 aliphatic carbocycles. The Morgan fingerprint density at radius 2 is 1.62 bits per heavy atom. The quantitative estimate of drug-likeness (QED) is 0.858. The van der Waals surface area contributed by atoms with Crippen LogP contribution in [0.2, 0.25) is 0 Å². The minimum atomic E-state index is 0.338. The summed E-state index contributed by atoms with van der Waals surface area (Å²) in [7, 11) is 0. The number of benzene rings is 1. The number of ether oxygens (including phenoxy) is 1. The fourth-order valence-corrected chi connectivity index (χ4v) is 3.80. The van der Waals surface area contributed by atoms with Gasteiger partial charge in [-0.05, 0) is 37.1 Å². The number of rotatable bonds is 3. The Balaban J connectivity index is 1.49. The summed E-state index contributed by atoms with van der Waals surface area (Å²) in [5.74, 6) is 2.12. The molecule has 2 fully saturated rings. The maximum Gasteiger partial charge on any atom is 0.128 e. The van der Waals surface area contributed by atoms with E-state index in [0.29, 0.717) is 18.2 Å². The van der Waals surface area contributed by atoms with Crippen molar-refractivity contribution in [3.63, 3.8) is 0 Å². The molecule has 0 radical (unpaired) electrons. The van der Waals surface area contributed by atoms with Crippen LogP contribution in [-0.2, 0) is 0 Å².